The number of rotatable bonds is 2. The molecule has 0 radical (unpaired) electrons. The molecule has 4 rings (SSSR count). The van der Waals surface area contributed by atoms with E-state index >= 15 is 0 Å². The third-order valence-electron chi connectivity index (χ3n) is 4.05. The summed E-state index contributed by atoms with van der Waals surface area (Å²) in [4.78, 5) is 14.9. The van der Waals surface area contributed by atoms with E-state index in [1.165, 1.54) is 37.8 Å². The maximum atomic E-state index is 13.0. The second kappa shape index (κ2) is 6.23. The minimum absolute atomic E-state index is 0.321. The van der Waals surface area contributed by atoms with Crippen LogP contribution in [0.2, 0.25) is 0 Å². The molecule has 5 heteroatoms. The van der Waals surface area contributed by atoms with Gasteiger partial charge in [0.2, 0.25) is 5.91 Å². The average molecular weight is 299 g/mol. The molecule has 2 atom stereocenters. The largest absolute Gasteiger partial charge is 0.366 e. The quantitative estimate of drug-likeness (QED) is 0.893. The summed E-state index contributed by atoms with van der Waals surface area (Å²) in [6.45, 7) is 2.62. The van der Waals surface area contributed by atoms with Crippen molar-refractivity contribution in [1.29, 1.82) is 0 Å². The molecule has 1 saturated heterocycles. The molecule has 1 aromatic carbocycles. The molecule has 0 bridgehead atoms. The van der Waals surface area contributed by atoms with E-state index in [0.717, 1.165) is 11.8 Å². The second-order valence-electron chi connectivity index (χ2n) is 5.72. The van der Waals surface area contributed by atoms with Gasteiger partial charge in [-0.3, -0.25) is 9.78 Å². The smallest absolute Gasteiger partial charge is 0.250 e. The summed E-state index contributed by atoms with van der Waals surface area (Å²) in [6, 6.07) is 9.29. The Morgan fingerprint density at radius 1 is 1.23 bits per heavy atom. The number of piperidine rings is 1. The average Bonchev–Trinajstić information content (AvgIpc) is 3.14. The molecule has 1 aromatic heterocycles. The number of nitrogens with zero attached hydrogens (tertiary/aromatic N) is 1. The molecule has 0 unspecified atom stereocenters. The molecule has 1 saturated carbocycles. The van der Waals surface area contributed by atoms with Crippen molar-refractivity contribution in [3.63, 3.8) is 0 Å². The minimum Gasteiger partial charge on any atom is -0.366 e. The van der Waals surface area contributed by atoms with E-state index in [4.69, 9.17) is 5.73 Å². The van der Waals surface area contributed by atoms with Crippen molar-refractivity contribution in [3.8, 4) is 11.3 Å². The molecule has 2 heterocycles. The zero-order valence-corrected chi connectivity index (χ0v) is 12.1. The number of nitrogens with one attached hydrogen (secondary N) is 1. The Balaban J connectivity index is 0.000000196. The lowest BCUT2D eigenvalue weighted by Gasteiger charge is -2.01. The molecular formula is C17H18FN3O. The maximum Gasteiger partial charge on any atom is 0.250 e. The first-order valence-corrected chi connectivity index (χ1v) is 7.36. The summed E-state index contributed by atoms with van der Waals surface area (Å²) in [5.74, 6) is 1.35. The van der Waals surface area contributed by atoms with Crippen molar-refractivity contribution in [2.75, 3.05) is 13.1 Å². The normalized spacial score (nSPS) is 21.5. The lowest BCUT2D eigenvalue weighted by atomic mass is 10.1. The number of fused-ring (bicyclic) bond motifs is 1. The van der Waals surface area contributed by atoms with Gasteiger partial charge in [-0.1, -0.05) is 12.1 Å². The maximum absolute atomic E-state index is 13.0. The van der Waals surface area contributed by atoms with Gasteiger partial charge in [0.25, 0.3) is 0 Å². The summed E-state index contributed by atoms with van der Waals surface area (Å²) >= 11 is 0. The van der Waals surface area contributed by atoms with Crippen LogP contribution in [0.4, 0.5) is 4.39 Å². The highest BCUT2D eigenvalue weighted by molar-refractivity contribution is 5.92. The van der Waals surface area contributed by atoms with E-state index in [1.807, 2.05) is 0 Å². The van der Waals surface area contributed by atoms with Crippen LogP contribution in [-0.4, -0.2) is 24.0 Å². The first-order chi connectivity index (χ1) is 10.6. The molecule has 114 valence electrons. The number of amides is 1. The van der Waals surface area contributed by atoms with Gasteiger partial charge in [-0.15, -0.1) is 0 Å². The van der Waals surface area contributed by atoms with Crippen LogP contribution in [0, 0.1) is 17.7 Å². The van der Waals surface area contributed by atoms with E-state index in [-0.39, 0.29) is 5.82 Å². The van der Waals surface area contributed by atoms with Gasteiger partial charge >= 0.3 is 0 Å². The van der Waals surface area contributed by atoms with E-state index in [9.17, 15) is 9.18 Å². The lowest BCUT2D eigenvalue weighted by molar-refractivity contribution is 0.1000. The minimum atomic E-state index is -0.529. The fourth-order valence-corrected chi connectivity index (χ4v) is 2.62. The molecule has 4 nitrogen and oxygen atoms in total. The number of nitrogens with two attached hydrogens (primary N) is 1. The van der Waals surface area contributed by atoms with E-state index in [0.29, 0.717) is 16.8 Å². The van der Waals surface area contributed by atoms with Crippen LogP contribution in [0.3, 0.4) is 0 Å². The standard InChI is InChI=1S/C12H9FN2O.C5H9N/c13-10-3-1-2-8(6-10)11-5-4-9(7-15-11)12(14)16;1-4-2-6-3-5(1)4/h1-7H,(H2,14,16);4-6H,1-3H2/t;4-,5+. The molecule has 1 aliphatic carbocycles. The zero-order valence-electron chi connectivity index (χ0n) is 12.1. The van der Waals surface area contributed by atoms with Gasteiger partial charge < -0.3 is 11.1 Å². The Labute approximate surface area is 128 Å². The number of pyridine rings is 1. The molecule has 1 aliphatic heterocycles. The second-order valence-corrected chi connectivity index (χ2v) is 5.72. The molecule has 0 spiro atoms. The van der Waals surface area contributed by atoms with E-state index in [1.54, 1.807) is 24.3 Å². The molecule has 2 fully saturated rings. The summed E-state index contributed by atoms with van der Waals surface area (Å²) in [6.07, 6.45) is 2.90. The number of aromatic nitrogens is 1. The number of carbonyl (C=O) groups is 1. The Bertz CT molecular complexity index is 664. The highest BCUT2D eigenvalue weighted by Crippen LogP contribution is 2.40. The van der Waals surface area contributed by atoms with Crippen molar-refractivity contribution < 1.29 is 9.18 Å². The summed E-state index contributed by atoms with van der Waals surface area (Å²) in [5, 5.41) is 3.32. The van der Waals surface area contributed by atoms with Crippen LogP contribution < -0.4 is 11.1 Å². The Morgan fingerprint density at radius 3 is 2.45 bits per heavy atom. The van der Waals surface area contributed by atoms with Crippen molar-refractivity contribution >= 4 is 5.91 Å². The van der Waals surface area contributed by atoms with Crippen molar-refractivity contribution in [1.82, 2.24) is 10.3 Å². The summed E-state index contributed by atoms with van der Waals surface area (Å²) in [7, 11) is 0. The number of hydrogen-bond acceptors (Lipinski definition) is 3. The van der Waals surface area contributed by atoms with Crippen molar-refractivity contribution in [2.24, 2.45) is 17.6 Å². The monoisotopic (exact) mass is 299 g/mol. The van der Waals surface area contributed by atoms with E-state index in [2.05, 4.69) is 10.3 Å². The van der Waals surface area contributed by atoms with Crippen LogP contribution in [0.5, 0.6) is 0 Å². The van der Waals surface area contributed by atoms with Gasteiger partial charge in [-0.25, -0.2) is 4.39 Å². The number of carbonyl (C=O) groups excluding carboxylic acids is 1. The van der Waals surface area contributed by atoms with Gasteiger partial charge in [0.15, 0.2) is 0 Å². The Morgan fingerprint density at radius 2 is 2.00 bits per heavy atom. The SMILES string of the molecule is C1NC[C@H]2C[C@@H]12.NC(=O)c1ccc(-c2cccc(F)c2)nc1. The van der Waals surface area contributed by atoms with Crippen molar-refractivity contribution in [2.45, 2.75) is 6.42 Å². The van der Waals surface area contributed by atoms with Gasteiger partial charge in [-0.2, -0.15) is 0 Å². The molecule has 3 N–H and O–H groups in total. The van der Waals surface area contributed by atoms with Crippen LogP contribution >= 0.6 is 0 Å². The fourth-order valence-electron chi connectivity index (χ4n) is 2.62. The summed E-state index contributed by atoms with van der Waals surface area (Å²) < 4.78 is 13.0. The third kappa shape index (κ3) is 3.49. The predicted octanol–water partition coefficient (Wildman–Crippen LogP) is 2.21. The number of hydrogen-bond donors (Lipinski definition) is 2. The predicted molar refractivity (Wildman–Crippen MR) is 82.6 cm³/mol. The van der Waals surface area contributed by atoms with Gasteiger partial charge in [-0.05, 0) is 55.6 Å². The Hall–Kier alpha value is -2.27. The van der Waals surface area contributed by atoms with Gasteiger partial charge in [0.05, 0.1) is 11.3 Å². The van der Waals surface area contributed by atoms with Gasteiger partial charge in [0.1, 0.15) is 5.82 Å². The topological polar surface area (TPSA) is 68.0 Å². The first-order valence-electron chi connectivity index (χ1n) is 7.36. The van der Waals surface area contributed by atoms with Crippen LogP contribution in [-0.2, 0) is 0 Å². The number of primary amides is 1. The Kier molecular flexibility index (Phi) is 4.15. The molecule has 2 aliphatic rings. The molecule has 1 amide bonds. The number of benzene rings is 1. The number of halogens is 1. The van der Waals surface area contributed by atoms with Crippen LogP contribution in [0.15, 0.2) is 42.6 Å². The third-order valence-corrected chi connectivity index (χ3v) is 4.05. The highest BCUT2D eigenvalue weighted by Gasteiger charge is 2.40. The first kappa shape index (κ1) is 14.7. The zero-order chi connectivity index (χ0) is 15.5. The highest BCUT2D eigenvalue weighted by atomic mass is 19.1. The molecular weight excluding hydrogens is 281 g/mol. The molecule has 22 heavy (non-hydrogen) atoms. The van der Waals surface area contributed by atoms with Gasteiger partial charge in [0, 0.05) is 11.8 Å². The van der Waals surface area contributed by atoms with Crippen LogP contribution in [0.25, 0.3) is 11.3 Å². The van der Waals surface area contributed by atoms with Crippen molar-refractivity contribution in [3.05, 3.63) is 54.0 Å². The van der Waals surface area contributed by atoms with Crippen LogP contribution in [0.1, 0.15) is 16.8 Å². The fraction of sp³-hybridized carbons (Fsp3) is 0.294. The van der Waals surface area contributed by atoms with E-state index < -0.39 is 5.91 Å². The molecule has 2 aromatic rings. The summed E-state index contributed by atoms with van der Waals surface area (Å²) in [5.41, 5.74) is 6.69. The lowest BCUT2D eigenvalue weighted by Crippen LogP contribution is -2.10.